The molecule has 1 N–H and O–H groups in total. The van der Waals surface area contributed by atoms with Gasteiger partial charge in [0.25, 0.3) is 5.91 Å². The number of rotatable bonds is 6. The van der Waals surface area contributed by atoms with Crippen molar-refractivity contribution >= 4 is 5.91 Å². The minimum Gasteiger partial charge on any atom is -0.348 e. The van der Waals surface area contributed by atoms with Crippen molar-refractivity contribution < 1.29 is 4.79 Å². The molecule has 0 spiro atoms. The average molecular weight is 351 g/mol. The largest absolute Gasteiger partial charge is 0.348 e. The highest BCUT2D eigenvalue weighted by Gasteiger charge is 2.17. The zero-order valence-corrected chi connectivity index (χ0v) is 15.9. The van der Waals surface area contributed by atoms with Crippen molar-refractivity contribution in [2.45, 2.75) is 26.9 Å². The molecule has 1 fully saturated rings. The van der Waals surface area contributed by atoms with Crippen LogP contribution in [0.4, 0.5) is 0 Å². The summed E-state index contributed by atoms with van der Waals surface area (Å²) in [4.78, 5) is 17.5. The summed E-state index contributed by atoms with van der Waals surface area (Å²) >= 11 is 0. The lowest BCUT2D eigenvalue weighted by molar-refractivity contribution is 0.0950. The maximum absolute atomic E-state index is 12.5. The fourth-order valence-electron chi connectivity index (χ4n) is 3.49. The molecule has 0 atom stereocenters. The molecule has 1 aliphatic rings. The van der Waals surface area contributed by atoms with Gasteiger partial charge in [-0.25, -0.2) is 0 Å². The Hall–Kier alpha value is -2.17. The first-order valence-corrected chi connectivity index (χ1v) is 9.52. The van der Waals surface area contributed by atoms with E-state index < -0.39 is 0 Å². The molecule has 1 amide bonds. The van der Waals surface area contributed by atoms with Crippen LogP contribution in [0.25, 0.3) is 0 Å². The van der Waals surface area contributed by atoms with Gasteiger partial charge >= 0.3 is 0 Å². The molecule has 0 unspecified atom stereocenters. The first-order chi connectivity index (χ1) is 12.7. The van der Waals surface area contributed by atoms with E-state index in [1.54, 1.807) is 0 Å². The lowest BCUT2D eigenvalue weighted by atomic mass is 10.1. The van der Waals surface area contributed by atoms with E-state index in [0.29, 0.717) is 6.54 Å². The molecular weight excluding hydrogens is 322 g/mol. The Morgan fingerprint density at radius 3 is 2.23 bits per heavy atom. The van der Waals surface area contributed by atoms with E-state index in [1.807, 2.05) is 37.3 Å². The van der Waals surface area contributed by atoms with Crippen molar-refractivity contribution in [1.82, 2.24) is 15.1 Å². The van der Waals surface area contributed by atoms with Gasteiger partial charge < -0.3 is 10.2 Å². The monoisotopic (exact) mass is 351 g/mol. The van der Waals surface area contributed by atoms with E-state index >= 15 is 0 Å². The van der Waals surface area contributed by atoms with E-state index in [4.69, 9.17) is 0 Å². The van der Waals surface area contributed by atoms with E-state index in [9.17, 15) is 4.79 Å². The van der Waals surface area contributed by atoms with Crippen molar-refractivity contribution in [3.8, 4) is 0 Å². The molecule has 3 rings (SSSR count). The summed E-state index contributed by atoms with van der Waals surface area (Å²) in [6.07, 6.45) is 0. The lowest BCUT2D eigenvalue weighted by Gasteiger charge is -2.34. The summed E-state index contributed by atoms with van der Waals surface area (Å²) in [7, 11) is 0. The third-order valence-corrected chi connectivity index (χ3v) is 5.25. The Labute approximate surface area is 156 Å². The molecule has 2 aromatic carbocycles. The van der Waals surface area contributed by atoms with E-state index in [-0.39, 0.29) is 5.91 Å². The van der Waals surface area contributed by atoms with Gasteiger partial charge in [0, 0.05) is 44.8 Å². The number of piperazine rings is 1. The SMILES string of the molecule is CCN1CCN(Cc2ccccc2CNC(=O)c2ccccc2C)CC1. The highest BCUT2D eigenvalue weighted by molar-refractivity contribution is 5.95. The van der Waals surface area contributed by atoms with Crippen LogP contribution in [0, 0.1) is 6.92 Å². The number of amides is 1. The maximum atomic E-state index is 12.5. The molecule has 4 nitrogen and oxygen atoms in total. The van der Waals surface area contributed by atoms with Crippen molar-refractivity contribution in [2.24, 2.45) is 0 Å². The van der Waals surface area contributed by atoms with Crippen LogP contribution in [0.1, 0.15) is 34.0 Å². The molecule has 0 aliphatic carbocycles. The molecule has 0 saturated carbocycles. The Kier molecular flexibility index (Phi) is 6.42. The van der Waals surface area contributed by atoms with Gasteiger partial charge in [-0.05, 0) is 36.2 Å². The third kappa shape index (κ3) is 4.71. The second-order valence-corrected chi connectivity index (χ2v) is 6.98. The van der Waals surface area contributed by atoms with Gasteiger partial charge in [-0.1, -0.05) is 49.4 Å². The summed E-state index contributed by atoms with van der Waals surface area (Å²) in [6, 6.07) is 16.2. The number of aryl methyl sites for hydroxylation is 1. The highest BCUT2D eigenvalue weighted by atomic mass is 16.1. The van der Waals surface area contributed by atoms with Crippen molar-refractivity contribution in [2.75, 3.05) is 32.7 Å². The van der Waals surface area contributed by atoms with Gasteiger partial charge in [0.2, 0.25) is 0 Å². The number of hydrogen-bond acceptors (Lipinski definition) is 3. The standard InChI is InChI=1S/C22H29N3O/c1-3-24-12-14-25(15-13-24)17-20-10-6-5-9-19(20)16-23-22(26)21-11-7-4-8-18(21)2/h4-11H,3,12-17H2,1-2H3,(H,23,26). The summed E-state index contributed by atoms with van der Waals surface area (Å²) < 4.78 is 0. The lowest BCUT2D eigenvalue weighted by Crippen LogP contribution is -2.45. The van der Waals surface area contributed by atoms with Crippen molar-refractivity contribution in [3.05, 3.63) is 70.8 Å². The fourth-order valence-corrected chi connectivity index (χ4v) is 3.49. The molecule has 2 aromatic rings. The number of benzene rings is 2. The molecule has 0 bridgehead atoms. The van der Waals surface area contributed by atoms with Gasteiger partial charge in [0.1, 0.15) is 0 Å². The third-order valence-electron chi connectivity index (χ3n) is 5.25. The summed E-state index contributed by atoms with van der Waals surface area (Å²) in [5.41, 5.74) is 4.27. The molecule has 138 valence electrons. The van der Waals surface area contributed by atoms with E-state index in [1.165, 1.54) is 11.1 Å². The average Bonchev–Trinajstić information content (AvgIpc) is 2.68. The van der Waals surface area contributed by atoms with Crippen molar-refractivity contribution in [3.63, 3.8) is 0 Å². The van der Waals surface area contributed by atoms with Gasteiger partial charge in [-0.3, -0.25) is 9.69 Å². The predicted molar refractivity (Wildman–Crippen MR) is 106 cm³/mol. The second kappa shape index (κ2) is 8.97. The second-order valence-electron chi connectivity index (χ2n) is 6.98. The number of carbonyl (C=O) groups excluding carboxylic acids is 1. The minimum atomic E-state index is -0.00513. The normalized spacial score (nSPS) is 15.8. The number of nitrogens with zero attached hydrogens (tertiary/aromatic N) is 2. The first kappa shape index (κ1) is 18.6. The molecule has 0 radical (unpaired) electrons. The number of carbonyl (C=O) groups is 1. The zero-order chi connectivity index (χ0) is 18.4. The van der Waals surface area contributed by atoms with Crippen LogP contribution < -0.4 is 5.32 Å². The Morgan fingerprint density at radius 2 is 1.54 bits per heavy atom. The molecule has 1 aliphatic heterocycles. The predicted octanol–water partition coefficient (Wildman–Crippen LogP) is 3.06. The molecule has 26 heavy (non-hydrogen) atoms. The Balaban J connectivity index is 1.61. The van der Waals surface area contributed by atoms with Crippen LogP contribution in [0.3, 0.4) is 0 Å². The van der Waals surface area contributed by atoms with Crippen LogP contribution >= 0.6 is 0 Å². The Morgan fingerprint density at radius 1 is 0.923 bits per heavy atom. The minimum absolute atomic E-state index is 0.00513. The van der Waals surface area contributed by atoms with E-state index in [2.05, 4.69) is 40.2 Å². The van der Waals surface area contributed by atoms with Crippen LogP contribution in [0.2, 0.25) is 0 Å². The fraction of sp³-hybridized carbons (Fsp3) is 0.409. The summed E-state index contributed by atoms with van der Waals surface area (Å²) in [5, 5.41) is 3.08. The summed E-state index contributed by atoms with van der Waals surface area (Å²) in [6.45, 7) is 11.4. The van der Waals surface area contributed by atoms with E-state index in [0.717, 1.165) is 50.4 Å². The van der Waals surface area contributed by atoms with Gasteiger partial charge in [-0.15, -0.1) is 0 Å². The van der Waals surface area contributed by atoms with Gasteiger partial charge in [0.15, 0.2) is 0 Å². The number of nitrogens with one attached hydrogen (secondary N) is 1. The molecule has 1 saturated heterocycles. The summed E-state index contributed by atoms with van der Waals surface area (Å²) in [5.74, 6) is -0.00513. The number of hydrogen-bond donors (Lipinski definition) is 1. The van der Waals surface area contributed by atoms with Crippen molar-refractivity contribution in [1.29, 1.82) is 0 Å². The van der Waals surface area contributed by atoms with Crippen LogP contribution in [0.15, 0.2) is 48.5 Å². The smallest absolute Gasteiger partial charge is 0.251 e. The molecule has 1 heterocycles. The molecule has 0 aromatic heterocycles. The zero-order valence-electron chi connectivity index (χ0n) is 15.9. The first-order valence-electron chi connectivity index (χ1n) is 9.52. The van der Waals surface area contributed by atoms with Gasteiger partial charge in [0.05, 0.1) is 0 Å². The quantitative estimate of drug-likeness (QED) is 0.869. The topological polar surface area (TPSA) is 35.6 Å². The molecule has 4 heteroatoms. The van der Waals surface area contributed by atoms with Crippen LogP contribution in [-0.2, 0) is 13.1 Å². The van der Waals surface area contributed by atoms with Crippen LogP contribution in [0.5, 0.6) is 0 Å². The molecular formula is C22H29N3O. The Bertz CT molecular complexity index is 736. The van der Waals surface area contributed by atoms with Gasteiger partial charge in [-0.2, -0.15) is 0 Å². The maximum Gasteiger partial charge on any atom is 0.251 e. The highest BCUT2D eigenvalue weighted by Crippen LogP contribution is 2.14. The van der Waals surface area contributed by atoms with Crippen LogP contribution in [-0.4, -0.2) is 48.4 Å². The number of likely N-dealkylation sites (N-methyl/N-ethyl adjacent to an activating group) is 1.